The molecule has 106 valence electrons. The molecule has 1 unspecified atom stereocenters. The molecule has 0 saturated carbocycles. The number of ether oxygens (including phenoxy) is 2. The number of methoxy groups -OCH3 is 2. The van der Waals surface area contributed by atoms with Crippen molar-refractivity contribution in [3.05, 3.63) is 58.1 Å². The molecule has 0 aliphatic carbocycles. The largest absolute Gasteiger partial charge is 0.493 e. The topological polar surface area (TPSA) is 38.7 Å². The summed E-state index contributed by atoms with van der Waals surface area (Å²) in [7, 11) is 3.18. The van der Waals surface area contributed by atoms with Crippen molar-refractivity contribution in [2.75, 3.05) is 14.2 Å². The molecule has 0 aromatic heterocycles. The molecule has 4 heteroatoms. The highest BCUT2D eigenvalue weighted by Crippen LogP contribution is 2.31. The zero-order chi connectivity index (χ0) is 14.5. The summed E-state index contributed by atoms with van der Waals surface area (Å²) in [5, 5.41) is 10.3. The molecule has 1 atom stereocenters. The standard InChI is InChI=1S/C16H17BrO3/c1-19-15-8-5-12(10-16(15)20-2)14(18)9-11-3-6-13(17)7-4-11/h3-8,10,14,18H,9H2,1-2H3. The van der Waals surface area contributed by atoms with E-state index in [1.54, 1.807) is 20.3 Å². The Kier molecular flexibility index (Phi) is 5.04. The fourth-order valence-corrected chi connectivity index (χ4v) is 2.29. The molecule has 0 spiro atoms. The van der Waals surface area contributed by atoms with Crippen molar-refractivity contribution in [2.45, 2.75) is 12.5 Å². The highest BCUT2D eigenvalue weighted by molar-refractivity contribution is 9.10. The molecule has 0 saturated heterocycles. The zero-order valence-corrected chi connectivity index (χ0v) is 13.1. The molecule has 0 aliphatic heterocycles. The van der Waals surface area contributed by atoms with Crippen molar-refractivity contribution in [3.8, 4) is 11.5 Å². The van der Waals surface area contributed by atoms with Gasteiger partial charge in [0.25, 0.3) is 0 Å². The average molecular weight is 337 g/mol. The van der Waals surface area contributed by atoms with Crippen LogP contribution in [0, 0.1) is 0 Å². The van der Waals surface area contributed by atoms with Crippen LogP contribution in [0.2, 0.25) is 0 Å². The van der Waals surface area contributed by atoms with Crippen LogP contribution in [0.15, 0.2) is 46.9 Å². The maximum absolute atomic E-state index is 10.3. The van der Waals surface area contributed by atoms with Gasteiger partial charge >= 0.3 is 0 Å². The molecule has 2 aromatic carbocycles. The lowest BCUT2D eigenvalue weighted by Crippen LogP contribution is -2.02. The minimum atomic E-state index is -0.573. The second-order valence-electron chi connectivity index (χ2n) is 4.46. The minimum Gasteiger partial charge on any atom is -0.493 e. The van der Waals surface area contributed by atoms with Gasteiger partial charge in [0.2, 0.25) is 0 Å². The first-order chi connectivity index (χ1) is 9.63. The Hall–Kier alpha value is -1.52. The van der Waals surface area contributed by atoms with Crippen molar-refractivity contribution in [2.24, 2.45) is 0 Å². The Morgan fingerprint density at radius 3 is 2.25 bits per heavy atom. The third kappa shape index (κ3) is 3.52. The second-order valence-corrected chi connectivity index (χ2v) is 5.38. The van der Waals surface area contributed by atoms with Crippen LogP contribution < -0.4 is 9.47 Å². The van der Waals surface area contributed by atoms with Crippen LogP contribution in [0.1, 0.15) is 17.2 Å². The number of aliphatic hydroxyl groups is 1. The summed E-state index contributed by atoms with van der Waals surface area (Å²) < 4.78 is 11.5. The van der Waals surface area contributed by atoms with Gasteiger partial charge in [0.15, 0.2) is 11.5 Å². The van der Waals surface area contributed by atoms with E-state index in [4.69, 9.17) is 9.47 Å². The zero-order valence-electron chi connectivity index (χ0n) is 11.5. The first-order valence-electron chi connectivity index (χ1n) is 6.28. The lowest BCUT2D eigenvalue weighted by molar-refractivity contribution is 0.178. The van der Waals surface area contributed by atoms with Gasteiger partial charge in [-0.3, -0.25) is 0 Å². The predicted molar refractivity (Wildman–Crippen MR) is 82.4 cm³/mol. The lowest BCUT2D eigenvalue weighted by atomic mass is 10.0. The number of rotatable bonds is 5. The van der Waals surface area contributed by atoms with Crippen LogP contribution in [0.3, 0.4) is 0 Å². The number of benzene rings is 2. The molecule has 0 radical (unpaired) electrons. The van der Waals surface area contributed by atoms with E-state index in [2.05, 4.69) is 15.9 Å². The average Bonchev–Trinajstić information content (AvgIpc) is 2.48. The van der Waals surface area contributed by atoms with Crippen molar-refractivity contribution in [1.82, 2.24) is 0 Å². The molecular formula is C16H17BrO3. The third-order valence-corrected chi connectivity index (χ3v) is 3.66. The summed E-state index contributed by atoms with van der Waals surface area (Å²) in [6, 6.07) is 13.4. The van der Waals surface area contributed by atoms with Crippen molar-refractivity contribution >= 4 is 15.9 Å². The summed E-state index contributed by atoms with van der Waals surface area (Å²) in [4.78, 5) is 0. The molecule has 0 heterocycles. The van der Waals surface area contributed by atoms with E-state index in [-0.39, 0.29) is 0 Å². The normalized spacial score (nSPS) is 12.0. The van der Waals surface area contributed by atoms with Gasteiger partial charge in [0.05, 0.1) is 20.3 Å². The molecule has 0 amide bonds. The first-order valence-corrected chi connectivity index (χ1v) is 7.07. The summed E-state index contributed by atoms with van der Waals surface area (Å²) in [5.74, 6) is 1.28. The number of aliphatic hydroxyl groups excluding tert-OH is 1. The minimum absolute atomic E-state index is 0.558. The van der Waals surface area contributed by atoms with Gasteiger partial charge in [0.1, 0.15) is 0 Å². The maximum Gasteiger partial charge on any atom is 0.161 e. The molecule has 0 fully saturated rings. The quantitative estimate of drug-likeness (QED) is 0.903. The molecule has 0 bridgehead atoms. The van der Waals surface area contributed by atoms with E-state index >= 15 is 0 Å². The van der Waals surface area contributed by atoms with Crippen molar-refractivity contribution < 1.29 is 14.6 Å². The summed E-state index contributed by atoms with van der Waals surface area (Å²) in [5.41, 5.74) is 1.89. The Morgan fingerprint density at radius 1 is 1.00 bits per heavy atom. The van der Waals surface area contributed by atoms with Crippen LogP contribution in [0.25, 0.3) is 0 Å². The third-order valence-electron chi connectivity index (χ3n) is 3.13. The van der Waals surface area contributed by atoms with E-state index in [1.165, 1.54) is 0 Å². The van der Waals surface area contributed by atoms with Gasteiger partial charge in [-0.1, -0.05) is 34.1 Å². The number of hydrogen-bond donors (Lipinski definition) is 1. The highest BCUT2D eigenvalue weighted by Gasteiger charge is 2.12. The van der Waals surface area contributed by atoms with Crippen LogP contribution >= 0.6 is 15.9 Å². The molecular weight excluding hydrogens is 320 g/mol. The fraction of sp³-hybridized carbons (Fsp3) is 0.250. The summed E-state index contributed by atoms with van der Waals surface area (Å²) in [6.07, 6.45) is -0.0149. The number of hydrogen-bond acceptors (Lipinski definition) is 3. The van der Waals surface area contributed by atoms with E-state index in [0.29, 0.717) is 17.9 Å². The van der Waals surface area contributed by atoms with E-state index in [9.17, 15) is 5.11 Å². The van der Waals surface area contributed by atoms with E-state index < -0.39 is 6.10 Å². The van der Waals surface area contributed by atoms with Gasteiger partial charge in [-0.25, -0.2) is 0 Å². The molecule has 1 N–H and O–H groups in total. The predicted octanol–water partition coefficient (Wildman–Crippen LogP) is 3.74. The lowest BCUT2D eigenvalue weighted by Gasteiger charge is -2.14. The Bertz CT molecular complexity index is 566. The van der Waals surface area contributed by atoms with Crippen molar-refractivity contribution in [1.29, 1.82) is 0 Å². The highest BCUT2D eigenvalue weighted by atomic mass is 79.9. The maximum atomic E-state index is 10.3. The smallest absolute Gasteiger partial charge is 0.161 e. The van der Waals surface area contributed by atoms with E-state index in [1.807, 2.05) is 36.4 Å². The van der Waals surface area contributed by atoms with Crippen LogP contribution in [0.4, 0.5) is 0 Å². The summed E-state index contributed by atoms with van der Waals surface area (Å²) >= 11 is 3.40. The summed E-state index contributed by atoms with van der Waals surface area (Å²) in [6.45, 7) is 0. The molecule has 0 aliphatic rings. The number of halogens is 1. The van der Waals surface area contributed by atoms with Gasteiger partial charge in [-0.15, -0.1) is 0 Å². The molecule has 2 rings (SSSR count). The fourth-order valence-electron chi connectivity index (χ4n) is 2.02. The van der Waals surface area contributed by atoms with Crippen LogP contribution in [-0.2, 0) is 6.42 Å². The molecule has 2 aromatic rings. The second kappa shape index (κ2) is 6.77. The SMILES string of the molecule is COc1ccc(C(O)Cc2ccc(Br)cc2)cc1OC. The van der Waals surface area contributed by atoms with E-state index in [0.717, 1.165) is 15.6 Å². The Morgan fingerprint density at radius 2 is 1.65 bits per heavy atom. The molecule has 3 nitrogen and oxygen atoms in total. The Labute approximate surface area is 127 Å². The van der Waals surface area contributed by atoms with Crippen LogP contribution in [0.5, 0.6) is 11.5 Å². The van der Waals surface area contributed by atoms with Gasteiger partial charge in [-0.05, 0) is 35.4 Å². The van der Waals surface area contributed by atoms with Gasteiger partial charge in [-0.2, -0.15) is 0 Å². The first kappa shape index (κ1) is 14.9. The van der Waals surface area contributed by atoms with Gasteiger partial charge < -0.3 is 14.6 Å². The molecule has 20 heavy (non-hydrogen) atoms. The monoisotopic (exact) mass is 336 g/mol. The van der Waals surface area contributed by atoms with Crippen molar-refractivity contribution in [3.63, 3.8) is 0 Å². The van der Waals surface area contributed by atoms with Crippen LogP contribution in [-0.4, -0.2) is 19.3 Å². The Balaban J connectivity index is 2.16. The van der Waals surface area contributed by atoms with Gasteiger partial charge in [0, 0.05) is 10.9 Å².